The molecule has 25 heavy (non-hydrogen) atoms. The van der Waals surface area contributed by atoms with E-state index in [0.717, 1.165) is 12.0 Å². The highest BCUT2D eigenvalue weighted by Gasteiger charge is 2.24. The standard InChI is InChI=1S/C19H22N2O4/c1-15-5-2-6-16(13-15)25-14-18(22)20-8-4-9-21(11-10-20)19(23)17-7-3-12-24-17/h2-3,5-7,12-13H,4,8-11,14H2,1H3. The van der Waals surface area contributed by atoms with E-state index in [-0.39, 0.29) is 18.4 Å². The molecule has 1 saturated heterocycles. The molecule has 1 aliphatic heterocycles. The molecular weight excluding hydrogens is 320 g/mol. The number of rotatable bonds is 4. The first kappa shape index (κ1) is 17.1. The molecule has 0 N–H and O–H groups in total. The molecule has 1 fully saturated rings. The molecule has 2 amide bonds. The highest BCUT2D eigenvalue weighted by Crippen LogP contribution is 2.13. The third kappa shape index (κ3) is 4.41. The van der Waals surface area contributed by atoms with Crippen molar-refractivity contribution in [3.63, 3.8) is 0 Å². The fourth-order valence-corrected chi connectivity index (χ4v) is 2.87. The molecule has 0 saturated carbocycles. The van der Waals surface area contributed by atoms with Crippen LogP contribution in [0.15, 0.2) is 47.1 Å². The molecule has 6 heteroatoms. The van der Waals surface area contributed by atoms with Gasteiger partial charge in [-0.1, -0.05) is 12.1 Å². The van der Waals surface area contributed by atoms with Gasteiger partial charge in [-0.3, -0.25) is 9.59 Å². The number of hydrogen-bond donors (Lipinski definition) is 0. The normalized spacial score (nSPS) is 14.9. The van der Waals surface area contributed by atoms with Crippen molar-refractivity contribution < 1.29 is 18.7 Å². The number of benzene rings is 1. The van der Waals surface area contributed by atoms with Gasteiger partial charge in [0.1, 0.15) is 5.75 Å². The zero-order chi connectivity index (χ0) is 17.6. The monoisotopic (exact) mass is 342 g/mol. The molecular formula is C19H22N2O4. The molecule has 132 valence electrons. The average molecular weight is 342 g/mol. The molecule has 0 unspecified atom stereocenters. The van der Waals surface area contributed by atoms with E-state index in [4.69, 9.17) is 9.15 Å². The number of carbonyl (C=O) groups excluding carboxylic acids is 2. The lowest BCUT2D eigenvalue weighted by molar-refractivity contribution is -0.133. The summed E-state index contributed by atoms with van der Waals surface area (Å²) in [4.78, 5) is 28.2. The van der Waals surface area contributed by atoms with Gasteiger partial charge in [-0.05, 0) is 43.2 Å². The average Bonchev–Trinajstić information content (AvgIpc) is 3.03. The van der Waals surface area contributed by atoms with Crippen molar-refractivity contribution >= 4 is 11.8 Å². The molecule has 0 aliphatic carbocycles. The lowest BCUT2D eigenvalue weighted by atomic mass is 10.2. The number of aryl methyl sites for hydroxylation is 1. The Hall–Kier alpha value is -2.76. The van der Waals surface area contributed by atoms with Gasteiger partial charge >= 0.3 is 0 Å². The number of amides is 2. The molecule has 6 nitrogen and oxygen atoms in total. The quantitative estimate of drug-likeness (QED) is 0.856. The summed E-state index contributed by atoms with van der Waals surface area (Å²) in [6, 6.07) is 11.0. The van der Waals surface area contributed by atoms with Crippen molar-refractivity contribution in [3.8, 4) is 5.75 Å². The van der Waals surface area contributed by atoms with Gasteiger partial charge in [0.2, 0.25) is 0 Å². The Bertz CT molecular complexity index is 727. The number of carbonyl (C=O) groups is 2. The van der Waals surface area contributed by atoms with Gasteiger partial charge < -0.3 is 19.0 Å². The van der Waals surface area contributed by atoms with Crippen molar-refractivity contribution in [2.24, 2.45) is 0 Å². The van der Waals surface area contributed by atoms with E-state index < -0.39 is 0 Å². The molecule has 0 spiro atoms. The molecule has 2 heterocycles. The van der Waals surface area contributed by atoms with E-state index >= 15 is 0 Å². The molecule has 0 bridgehead atoms. The van der Waals surface area contributed by atoms with Crippen LogP contribution in [0.2, 0.25) is 0 Å². The minimum Gasteiger partial charge on any atom is -0.484 e. The summed E-state index contributed by atoms with van der Waals surface area (Å²) >= 11 is 0. The van der Waals surface area contributed by atoms with Crippen LogP contribution >= 0.6 is 0 Å². The maximum absolute atomic E-state index is 12.4. The topological polar surface area (TPSA) is 63.0 Å². The summed E-state index contributed by atoms with van der Waals surface area (Å²) in [5, 5.41) is 0. The molecule has 1 aromatic heterocycles. The first-order valence-corrected chi connectivity index (χ1v) is 8.43. The van der Waals surface area contributed by atoms with Gasteiger partial charge in [0.05, 0.1) is 6.26 Å². The Morgan fingerprint density at radius 1 is 1.08 bits per heavy atom. The summed E-state index contributed by atoms with van der Waals surface area (Å²) in [7, 11) is 0. The van der Waals surface area contributed by atoms with Crippen molar-refractivity contribution in [3.05, 3.63) is 54.0 Å². The van der Waals surface area contributed by atoms with Crippen LogP contribution in [0.3, 0.4) is 0 Å². The van der Waals surface area contributed by atoms with E-state index in [0.29, 0.717) is 37.7 Å². The van der Waals surface area contributed by atoms with Crippen LogP contribution in [-0.2, 0) is 4.79 Å². The second-order valence-corrected chi connectivity index (χ2v) is 6.11. The molecule has 1 aromatic carbocycles. The predicted octanol–water partition coefficient (Wildman–Crippen LogP) is 2.34. The van der Waals surface area contributed by atoms with E-state index in [2.05, 4.69) is 0 Å². The fourth-order valence-electron chi connectivity index (χ4n) is 2.87. The Kier molecular flexibility index (Phi) is 5.38. The van der Waals surface area contributed by atoms with E-state index in [1.54, 1.807) is 21.9 Å². The summed E-state index contributed by atoms with van der Waals surface area (Å²) < 4.78 is 10.8. The summed E-state index contributed by atoms with van der Waals surface area (Å²) in [5.41, 5.74) is 1.09. The minimum atomic E-state index is -0.129. The molecule has 3 rings (SSSR count). The van der Waals surface area contributed by atoms with Gasteiger partial charge in [-0.2, -0.15) is 0 Å². The van der Waals surface area contributed by atoms with Crippen LogP contribution in [0, 0.1) is 6.92 Å². The lowest BCUT2D eigenvalue weighted by Gasteiger charge is -2.21. The second kappa shape index (κ2) is 7.88. The van der Waals surface area contributed by atoms with Crippen LogP contribution in [0.5, 0.6) is 5.75 Å². The van der Waals surface area contributed by atoms with Crippen LogP contribution in [0.25, 0.3) is 0 Å². The third-order valence-corrected chi connectivity index (χ3v) is 4.22. The van der Waals surface area contributed by atoms with Gasteiger partial charge in [0.25, 0.3) is 11.8 Å². The third-order valence-electron chi connectivity index (χ3n) is 4.22. The zero-order valence-corrected chi connectivity index (χ0v) is 14.3. The van der Waals surface area contributed by atoms with E-state index in [1.165, 1.54) is 6.26 Å². The fraction of sp³-hybridized carbons (Fsp3) is 0.368. The first-order valence-electron chi connectivity index (χ1n) is 8.43. The maximum atomic E-state index is 12.4. The van der Waals surface area contributed by atoms with Gasteiger partial charge in [0.15, 0.2) is 12.4 Å². The predicted molar refractivity (Wildman–Crippen MR) is 92.5 cm³/mol. The Morgan fingerprint density at radius 3 is 2.64 bits per heavy atom. The Balaban J connectivity index is 1.52. The van der Waals surface area contributed by atoms with Crippen molar-refractivity contribution in [1.29, 1.82) is 0 Å². The van der Waals surface area contributed by atoms with Crippen LogP contribution in [0.1, 0.15) is 22.5 Å². The van der Waals surface area contributed by atoms with Gasteiger partial charge in [0, 0.05) is 26.2 Å². The van der Waals surface area contributed by atoms with Gasteiger partial charge in [-0.15, -0.1) is 0 Å². The van der Waals surface area contributed by atoms with Crippen molar-refractivity contribution in [1.82, 2.24) is 9.80 Å². The SMILES string of the molecule is Cc1cccc(OCC(=O)N2CCCN(C(=O)c3ccco3)CC2)c1. The van der Waals surface area contributed by atoms with E-state index in [1.807, 2.05) is 31.2 Å². The van der Waals surface area contributed by atoms with Crippen LogP contribution in [-0.4, -0.2) is 54.4 Å². The summed E-state index contributed by atoms with van der Waals surface area (Å²) in [6.45, 7) is 4.22. The number of hydrogen-bond acceptors (Lipinski definition) is 4. The molecule has 0 radical (unpaired) electrons. The zero-order valence-electron chi connectivity index (χ0n) is 14.3. The van der Waals surface area contributed by atoms with Crippen LogP contribution in [0.4, 0.5) is 0 Å². The lowest BCUT2D eigenvalue weighted by Crippen LogP contribution is -2.39. The Labute approximate surface area is 147 Å². The summed E-state index contributed by atoms with van der Waals surface area (Å²) in [6.07, 6.45) is 2.23. The largest absolute Gasteiger partial charge is 0.484 e. The Morgan fingerprint density at radius 2 is 1.88 bits per heavy atom. The van der Waals surface area contributed by atoms with E-state index in [9.17, 15) is 9.59 Å². The summed E-state index contributed by atoms with van der Waals surface area (Å²) in [5.74, 6) is 0.837. The van der Waals surface area contributed by atoms with Crippen molar-refractivity contribution in [2.75, 3.05) is 32.8 Å². The maximum Gasteiger partial charge on any atom is 0.289 e. The number of furan rings is 1. The smallest absolute Gasteiger partial charge is 0.289 e. The number of nitrogens with zero attached hydrogens (tertiary/aromatic N) is 2. The van der Waals surface area contributed by atoms with Gasteiger partial charge in [-0.25, -0.2) is 0 Å². The minimum absolute atomic E-state index is 0.00951. The number of ether oxygens (including phenoxy) is 1. The molecule has 0 atom stereocenters. The molecule has 2 aromatic rings. The molecule has 1 aliphatic rings. The van der Waals surface area contributed by atoms with Crippen LogP contribution < -0.4 is 4.74 Å². The second-order valence-electron chi connectivity index (χ2n) is 6.11. The van der Waals surface area contributed by atoms with Crippen molar-refractivity contribution in [2.45, 2.75) is 13.3 Å². The highest BCUT2D eigenvalue weighted by atomic mass is 16.5. The first-order chi connectivity index (χ1) is 12.1. The highest BCUT2D eigenvalue weighted by molar-refractivity contribution is 5.91.